The van der Waals surface area contributed by atoms with Gasteiger partial charge in [0.15, 0.2) is 0 Å². The summed E-state index contributed by atoms with van der Waals surface area (Å²) in [4.78, 5) is 0. The average molecular weight is 279 g/mol. The van der Waals surface area contributed by atoms with E-state index in [2.05, 4.69) is 37.4 Å². The second-order valence-electron chi connectivity index (χ2n) is 4.88. The van der Waals surface area contributed by atoms with Crippen molar-refractivity contribution >= 4 is 0 Å². The van der Waals surface area contributed by atoms with E-state index in [4.69, 9.17) is 9.47 Å². The van der Waals surface area contributed by atoms with Crippen LogP contribution >= 0.6 is 0 Å². The van der Waals surface area contributed by atoms with Crippen molar-refractivity contribution in [2.75, 3.05) is 26.4 Å². The molecular formula is C17H29NO2. The molecule has 0 fully saturated rings. The van der Waals surface area contributed by atoms with Crippen molar-refractivity contribution in [2.24, 2.45) is 0 Å². The second kappa shape index (κ2) is 10.7. The fourth-order valence-corrected chi connectivity index (χ4v) is 2.14. The first-order chi connectivity index (χ1) is 9.83. The number of rotatable bonds is 11. The normalized spacial score (nSPS) is 12.3. The van der Waals surface area contributed by atoms with Crippen molar-refractivity contribution in [1.29, 1.82) is 0 Å². The molecule has 0 aliphatic heterocycles. The quantitative estimate of drug-likeness (QED) is 0.622. The van der Waals surface area contributed by atoms with Crippen LogP contribution in [0.15, 0.2) is 24.3 Å². The zero-order valence-electron chi connectivity index (χ0n) is 13.2. The van der Waals surface area contributed by atoms with E-state index in [-0.39, 0.29) is 0 Å². The van der Waals surface area contributed by atoms with Crippen LogP contribution in [-0.2, 0) is 4.74 Å². The highest BCUT2D eigenvalue weighted by atomic mass is 16.5. The minimum absolute atomic E-state index is 0.301. The van der Waals surface area contributed by atoms with Crippen molar-refractivity contribution in [3.05, 3.63) is 29.8 Å². The molecule has 0 saturated heterocycles. The highest BCUT2D eigenvalue weighted by Gasteiger charge is 2.15. The molecule has 0 aliphatic rings. The lowest BCUT2D eigenvalue weighted by Crippen LogP contribution is -2.24. The summed E-state index contributed by atoms with van der Waals surface area (Å²) in [6, 6.07) is 8.63. The van der Waals surface area contributed by atoms with Crippen LogP contribution in [0.3, 0.4) is 0 Å². The monoisotopic (exact) mass is 279 g/mol. The van der Waals surface area contributed by atoms with Gasteiger partial charge in [0.2, 0.25) is 0 Å². The third kappa shape index (κ3) is 5.93. The van der Waals surface area contributed by atoms with Crippen molar-refractivity contribution in [2.45, 2.75) is 46.1 Å². The minimum atomic E-state index is 0.301. The Balaban J connectivity index is 2.76. The summed E-state index contributed by atoms with van der Waals surface area (Å²) < 4.78 is 11.4. The first kappa shape index (κ1) is 17.0. The molecule has 1 atom stereocenters. The molecule has 1 unspecified atom stereocenters. The van der Waals surface area contributed by atoms with Gasteiger partial charge in [-0.15, -0.1) is 0 Å². The first-order valence-electron chi connectivity index (χ1n) is 7.86. The van der Waals surface area contributed by atoms with Gasteiger partial charge in [0.25, 0.3) is 0 Å². The smallest absolute Gasteiger partial charge is 0.124 e. The van der Waals surface area contributed by atoms with Gasteiger partial charge in [0.1, 0.15) is 5.75 Å². The molecule has 1 rings (SSSR count). The van der Waals surface area contributed by atoms with E-state index in [1.165, 1.54) is 5.56 Å². The first-order valence-corrected chi connectivity index (χ1v) is 7.86. The fraction of sp³-hybridized carbons (Fsp3) is 0.647. The van der Waals surface area contributed by atoms with Crippen LogP contribution < -0.4 is 10.1 Å². The standard InChI is InChI=1S/C17H29NO2/c1-4-12-18-16(11-14-19-6-3)15-9-7-8-10-17(15)20-13-5-2/h7-10,16,18H,4-6,11-14H2,1-3H3. The van der Waals surface area contributed by atoms with E-state index < -0.39 is 0 Å². The van der Waals surface area contributed by atoms with Gasteiger partial charge in [-0.2, -0.15) is 0 Å². The topological polar surface area (TPSA) is 30.5 Å². The lowest BCUT2D eigenvalue weighted by atomic mass is 10.0. The highest BCUT2D eigenvalue weighted by Crippen LogP contribution is 2.27. The van der Waals surface area contributed by atoms with Gasteiger partial charge in [-0.25, -0.2) is 0 Å². The Labute approximate surface area is 123 Å². The molecule has 3 heteroatoms. The molecule has 0 amide bonds. The molecule has 114 valence electrons. The molecule has 0 aliphatic carbocycles. The molecule has 3 nitrogen and oxygen atoms in total. The van der Waals surface area contributed by atoms with Gasteiger partial charge in [-0.05, 0) is 38.8 Å². The number of benzene rings is 1. The predicted octanol–water partition coefficient (Wildman–Crippen LogP) is 3.94. The molecule has 20 heavy (non-hydrogen) atoms. The Kier molecular flexibility index (Phi) is 9.09. The summed E-state index contributed by atoms with van der Waals surface area (Å²) in [5.74, 6) is 0.999. The fourth-order valence-electron chi connectivity index (χ4n) is 2.14. The van der Waals surface area contributed by atoms with Crippen molar-refractivity contribution in [3.8, 4) is 5.75 Å². The molecule has 0 radical (unpaired) electrons. The summed E-state index contributed by atoms with van der Waals surface area (Å²) in [5, 5.41) is 3.60. The Morgan fingerprint density at radius 3 is 2.55 bits per heavy atom. The third-order valence-corrected chi connectivity index (χ3v) is 3.15. The number of para-hydroxylation sites is 1. The molecule has 1 aromatic rings. The summed E-state index contributed by atoms with van der Waals surface area (Å²) in [7, 11) is 0. The molecule has 0 saturated carbocycles. The van der Waals surface area contributed by atoms with Gasteiger partial charge in [0, 0.05) is 24.8 Å². The summed E-state index contributed by atoms with van der Waals surface area (Å²) in [5.41, 5.74) is 1.24. The van der Waals surface area contributed by atoms with Crippen LogP contribution in [-0.4, -0.2) is 26.4 Å². The van der Waals surface area contributed by atoms with Crippen LogP contribution in [0.25, 0.3) is 0 Å². The summed E-state index contributed by atoms with van der Waals surface area (Å²) in [6.07, 6.45) is 3.13. The van der Waals surface area contributed by atoms with Crippen molar-refractivity contribution in [3.63, 3.8) is 0 Å². The third-order valence-electron chi connectivity index (χ3n) is 3.15. The van der Waals surface area contributed by atoms with Crippen LogP contribution in [0, 0.1) is 0 Å². The Morgan fingerprint density at radius 2 is 1.85 bits per heavy atom. The van der Waals surface area contributed by atoms with E-state index >= 15 is 0 Å². The Bertz CT molecular complexity index is 355. The average Bonchev–Trinajstić information content (AvgIpc) is 2.49. The number of hydrogen-bond donors (Lipinski definition) is 1. The zero-order chi connectivity index (χ0) is 14.6. The van der Waals surface area contributed by atoms with E-state index in [1.54, 1.807) is 0 Å². The van der Waals surface area contributed by atoms with Crippen LogP contribution in [0.2, 0.25) is 0 Å². The van der Waals surface area contributed by atoms with Crippen LogP contribution in [0.4, 0.5) is 0 Å². The number of ether oxygens (including phenoxy) is 2. The maximum atomic E-state index is 5.87. The molecular weight excluding hydrogens is 250 g/mol. The molecule has 0 bridgehead atoms. The molecule has 0 aromatic heterocycles. The lowest BCUT2D eigenvalue weighted by molar-refractivity contribution is 0.136. The summed E-state index contributed by atoms with van der Waals surface area (Å²) in [6.45, 7) is 9.68. The van der Waals surface area contributed by atoms with Crippen molar-refractivity contribution < 1.29 is 9.47 Å². The minimum Gasteiger partial charge on any atom is -0.493 e. The van der Waals surface area contributed by atoms with Crippen molar-refractivity contribution in [1.82, 2.24) is 5.32 Å². The van der Waals surface area contributed by atoms with Gasteiger partial charge >= 0.3 is 0 Å². The van der Waals surface area contributed by atoms with E-state index in [9.17, 15) is 0 Å². The molecule has 1 aromatic carbocycles. The maximum absolute atomic E-state index is 5.87. The van der Waals surface area contributed by atoms with Gasteiger partial charge in [-0.1, -0.05) is 32.0 Å². The van der Waals surface area contributed by atoms with Crippen LogP contribution in [0.5, 0.6) is 5.75 Å². The number of hydrogen-bond acceptors (Lipinski definition) is 3. The van der Waals surface area contributed by atoms with Gasteiger partial charge in [0.05, 0.1) is 6.61 Å². The van der Waals surface area contributed by atoms with E-state index in [1.807, 2.05) is 13.0 Å². The molecule has 0 spiro atoms. The Morgan fingerprint density at radius 1 is 1.05 bits per heavy atom. The SMILES string of the molecule is CCCNC(CCOCC)c1ccccc1OCCC. The number of nitrogens with one attached hydrogen (secondary N) is 1. The lowest BCUT2D eigenvalue weighted by Gasteiger charge is -2.22. The van der Waals surface area contributed by atoms with Gasteiger partial charge in [-0.3, -0.25) is 0 Å². The second-order valence-corrected chi connectivity index (χ2v) is 4.88. The van der Waals surface area contributed by atoms with Crippen LogP contribution in [0.1, 0.15) is 51.6 Å². The molecule has 0 heterocycles. The highest BCUT2D eigenvalue weighted by molar-refractivity contribution is 5.36. The van der Waals surface area contributed by atoms with E-state index in [0.717, 1.165) is 51.4 Å². The van der Waals surface area contributed by atoms with Gasteiger partial charge < -0.3 is 14.8 Å². The maximum Gasteiger partial charge on any atom is 0.124 e. The van der Waals surface area contributed by atoms with E-state index in [0.29, 0.717) is 6.04 Å². The zero-order valence-corrected chi connectivity index (χ0v) is 13.2. The largest absolute Gasteiger partial charge is 0.493 e. The Hall–Kier alpha value is -1.06. The summed E-state index contributed by atoms with van der Waals surface area (Å²) >= 11 is 0. The predicted molar refractivity (Wildman–Crippen MR) is 84.4 cm³/mol. The molecule has 1 N–H and O–H groups in total.